The van der Waals surface area contributed by atoms with Gasteiger partial charge in [-0.25, -0.2) is 9.18 Å². The number of benzene rings is 1. The summed E-state index contributed by atoms with van der Waals surface area (Å²) in [5.41, 5.74) is 0.312. The average Bonchev–Trinajstić information content (AvgIpc) is 2.36. The summed E-state index contributed by atoms with van der Waals surface area (Å²) in [5.74, 6) is 0.581. The average molecular weight is 264 g/mol. The van der Waals surface area contributed by atoms with E-state index in [1.54, 1.807) is 6.07 Å². The molecule has 1 aromatic carbocycles. The Morgan fingerprint density at radius 2 is 2.11 bits per heavy atom. The SMILES string of the molecule is C#CCN(CC(=O)O)C(=O)NCc1ccccc1F. The Morgan fingerprint density at radius 1 is 1.42 bits per heavy atom. The number of terminal acetylenes is 1. The highest BCUT2D eigenvalue weighted by Gasteiger charge is 2.15. The van der Waals surface area contributed by atoms with Crippen LogP contribution in [0.5, 0.6) is 0 Å². The second kappa shape index (κ2) is 7.01. The molecule has 1 rings (SSSR count). The van der Waals surface area contributed by atoms with E-state index in [1.807, 2.05) is 0 Å². The lowest BCUT2D eigenvalue weighted by Crippen LogP contribution is -2.42. The number of urea groups is 1. The predicted octanol–water partition coefficient (Wildman–Crippen LogP) is 1.06. The highest BCUT2D eigenvalue weighted by Crippen LogP contribution is 2.05. The first-order chi connectivity index (χ1) is 9.04. The van der Waals surface area contributed by atoms with Crippen molar-refractivity contribution in [2.24, 2.45) is 0 Å². The number of nitrogens with zero attached hydrogens (tertiary/aromatic N) is 1. The van der Waals surface area contributed by atoms with Gasteiger partial charge >= 0.3 is 12.0 Å². The van der Waals surface area contributed by atoms with E-state index in [0.29, 0.717) is 5.56 Å². The zero-order valence-electron chi connectivity index (χ0n) is 10.1. The third-order valence-corrected chi connectivity index (χ3v) is 2.28. The number of hydrogen-bond acceptors (Lipinski definition) is 2. The fourth-order valence-electron chi connectivity index (χ4n) is 1.40. The molecule has 2 amide bonds. The Bertz CT molecular complexity index is 511. The number of rotatable bonds is 5. The van der Waals surface area contributed by atoms with Crippen molar-refractivity contribution in [3.8, 4) is 12.3 Å². The summed E-state index contributed by atoms with van der Waals surface area (Å²) in [6.45, 7) is -0.672. The van der Waals surface area contributed by atoms with E-state index in [0.717, 1.165) is 4.90 Å². The van der Waals surface area contributed by atoms with Gasteiger partial charge in [0.2, 0.25) is 0 Å². The summed E-state index contributed by atoms with van der Waals surface area (Å²) >= 11 is 0. The van der Waals surface area contributed by atoms with Crippen LogP contribution in [0, 0.1) is 18.2 Å². The van der Waals surface area contributed by atoms with Gasteiger partial charge in [-0.2, -0.15) is 0 Å². The van der Waals surface area contributed by atoms with Crippen molar-refractivity contribution in [1.82, 2.24) is 10.2 Å². The van der Waals surface area contributed by atoms with Crippen molar-refractivity contribution >= 4 is 12.0 Å². The first-order valence-corrected chi connectivity index (χ1v) is 5.46. The second-order valence-electron chi connectivity index (χ2n) is 3.70. The molecule has 0 radical (unpaired) electrons. The van der Waals surface area contributed by atoms with Gasteiger partial charge in [-0.3, -0.25) is 4.79 Å². The largest absolute Gasteiger partial charge is 0.480 e. The lowest BCUT2D eigenvalue weighted by Gasteiger charge is -2.18. The van der Waals surface area contributed by atoms with Gasteiger partial charge in [0.1, 0.15) is 12.4 Å². The third-order valence-electron chi connectivity index (χ3n) is 2.28. The van der Waals surface area contributed by atoms with Crippen molar-refractivity contribution in [2.45, 2.75) is 6.54 Å². The van der Waals surface area contributed by atoms with Crippen LogP contribution in [0.15, 0.2) is 24.3 Å². The summed E-state index contributed by atoms with van der Waals surface area (Å²) < 4.78 is 13.3. The van der Waals surface area contributed by atoms with E-state index in [-0.39, 0.29) is 13.1 Å². The summed E-state index contributed by atoms with van der Waals surface area (Å²) in [6.07, 6.45) is 5.05. The molecule has 0 fully saturated rings. The molecule has 2 N–H and O–H groups in total. The number of aliphatic carboxylic acids is 1. The number of hydrogen-bond donors (Lipinski definition) is 2. The molecule has 19 heavy (non-hydrogen) atoms. The molecule has 100 valence electrons. The topological polar surface area (TPSA) is 69.6 Å². The van der Waals surface area contributed by atoms with E-state index in [4.69, 9.17) is 11.5 Å². The summed E-state index contributed by atoms with van der Waals surface area (Å²) in [7, 11) is 0. The van der Waals surface area contributed by atoms with Crippen LogP contribution in [-0.4, -0.2) is 35.1 Å². The molecule has 0 aromatic heterocycles. The smallest absolute Gasteiger partial charge is 0.323 e. The maximum atomic E-state index is 13.3. The number of amides is 2. The van der Waals surface area contributed by atoms with Gasteiger partial charge in [0.05, 0.1) is 6.54 Å². The van der Waals surface area contributed by atoms with Gasteiger partial charge in [0, 0.05) is 12.1 Å². The van der Waals surface area contributed by atoms with Crippen molar-refractivity contribution in [1.29, 1.82) is 0 Å². The van der Waals surface area contributed by atoms with E-state index in [9.17, 15) is 14.0 Å². The van der Waals surface area contributed by atoms with Gasteiger partial charge in [0.15, 0.2) is 0 Å². The van der Waals surface area contributed by atoms with E-state index in [2.05, 4.69) is 11.2 Å². The highest BCUT2D eigenvalue weighted by atomic mass is 19.1. The standard InChI is InChI=1S/C13H13FN2O3/c1-2-7-16(9-12(17)18)13(19)15-8-10-5-3-4-6-11(10)14/h1,3-6H,7-9H2,(H,15,19)(H,17,18). The fraction of sp³-hybridized carbons (Fsp3) is 0.231. The van der Waals surface area contributed by atoms with Crippen LogP contribution in [0.25, 0.3) is 0 Å². The molecule has 0 heterocycles. The summed E-state index contributed by atoms with van der Waals surface area (Å²) in [4.78, 5) is 23.2. The molecule has 0 bridgehead atoms. The van der Waals surface area contributed by atoms with Gasteiger partial charge in [-0.1, -0.05) is 24.1 Å². The minimum Gasteiger partial charge on any atom is -0.480 e. The van der Waals surface area contributed by atoms with Gasteiger partial charge in [0.25, 0.3) is 0 Å². The normalized spacial score (nSPS) is 9.47. The number of carbonyl (C=O) groups is 2. The lowest BCUT2D eigenvalue weighted by molar-refractivity contribution is -0.137. The molecule has 0 aliphatic heterocycles. The Labute approximate surface area is 110 Å². The zero-order chi connectivity index (χ0) is 14.3. The van der Waals surface area contributed by atoms with Crippen LogP contribution < -0.4 is 5.32 Å². The number of nitrogens with one attached hydrogen (secondary N) is 1. The molecule has 0 unspecified atom stereocenters. The maximum Gasteiger partial charge on any atom is 0.323 e. The van der Waals surface area contributed by atoms with Gasteiger partial charge < -0.3 is 15.3 Å². The quantitative estimate of drug-likeness (QED) is 0.781. The number of halogens is 1. The summed E-state index contributed by atoms with van der Waals surface area (Å²) in [5, 5.41) is 11.1. The number of carboxylic acid groups (broad SMARTS) is 1. The molecule has 6 heteroatoms. The predicted molar refractivity (Wildman–Crippen MR) is 66.7 cm³/mol. The van der Waals surface area contributed by atoms with E-state index in [1.165, 1.54) is 18.2 Å². The Hall–Kier alpha value is -2.55. The Morgan fingerprint density at radius 3 is 2.68 bits per heavy atom. The van der Waals surface area contributed by atoms with Crippen LogP contribution in [0.3, 0.4) is 0 Å². The monoisotopic (exact) mass is 264 g/mol. The van der Waals surface area contributed by atoms with E-state index < -0.39 is 24.4 Å². The first kappa shape index (κ1) is 14.5. The van der Waals surface area contributed by atoms with Gasteiger partial charge in [-0.15, -0.1) is 6.42 Å². The van der Waals surface area contributed by atoms with Crippen LogP contribution in [0.2, 0.25) is 0 Å². The zero-order valence-corrected chi connectivity index (χ0v) is 10.1. The molecule has 5 nitrogen and oxygen atoms in total. The maximum absolute atomic E-state index is 13.3. The minimum atomic E-state index is -1.17. The number of carboxylic acids is 1. The molecule has 0 spiro atoms. The van der Waals surface area contributed by atoms with Crippen LogP contribution >= 0.6 is 0 Å². The lowest BCUT2D eigenvalue weighted by atomic mass is 10.2. The van der Waals surface area contributed by atoms with Crippen molar-refractivity contribution in [2.75, 3.05) is 13.1 Å². The molecule has 0 atom stereocenters. The Balaban J connectivity index is 2.60. The van der Waals surface area contributed by atoms with Crippen molar-refractivity contribution in [3.63, 3.8) is 0 Å². The number of carbonyl (C=O) groups excluding carboxylic acids is 1. The van der Waals surface area contributed by atoms with Crippen molar-refractivity contribution in [3.05, 3.63) is 35.6 Å². The molecule has 0 saturated carbocycles. The first-order valence-electron chi connectivity index (χ1n) is 5.46. The molecular weight excluding hydrogens is 251 g/mol. The Kier molecular flexibility index (Phi) is 5.35. The highest BCUT2D eigenvalue weighted by molar-refractivity contribution is 5.80. The van der Waals surface area contributed by atoms with Crippen LogP contribution in [-0.2, 0) is 11.3 Å². The molecule has 0 aliphatic carbocycles. The minimum absolute atomic E-state index is 0.0355. The summed E-state index contributed by atoms with van der Waals surface area (Å²) in [6, 6.07) is 5.33. The van der Waals surface area contributed by atoms with Crippen LogP contribution in [0.4, 0.5) is 9.18 Å². The van der Waals surface area contributed by atoms with Crippen molar-refractivity contribution < 1.29 is 19.1 Å². The molecular formula is C13H13FN2O3. The van der Waals surface area contributed by atoms with E-state index >= 15 is 0 Å². The molecule has 1 aromatic rings. The second-order valence-corrected chi connectivity index (χ2v) is 3.70. The van der Waals surface area contributed by atoms with Crippen LogP contribution in [0.1, 0.15) is 5.56 Å². The molecule has 0 aliphatic rings. The molecule has 0 saturated heterocycles. The fourth-order valence-corrected chi connectivity index (χ4v) is 1.40. The third kappa shape index (κ3) is 4.68. The van der Waals surface area contributed by atoms with Gasteiger partial charge in [-0.05, 0) is 6.07 Å².